The minimum Gasteiger partial charge on any atom is -0.302 e. The summed E-state index contributed by atoms with van der Waals surface area (Å²) in [5.41, 5.74) is -2.84. The van der Waals surface area contributed by atoms with Crippen LogP contribution in [-0.2, 0) is 19.2 Å². The summed E-state index contributed by atoms with van der Waals surface area (Å²) < 4.78 is 0. The average molecular weight is 196 g/mol. The molecule has 1 rings (SSSR count). The van der Waals surface area contributed by atoms with Gasteiger partial charge >= 0.3 is 0 Å². The Balaban J connectivity index is 3.21. The van der Waals surface area contributed by atoms with E-state index in [1.807, 2.05) is 0 Å². The highest BCUT2D eigenvalue weighted by Crippen LogP contribution is 2.45. The Morgan fingerprint density at radius 2 is 0.929 bits per heavy atom. The highest BCUT2D eigenvalue weighted by Gasteiger charge is 2.53. The van der Waals surface area contributed by atoms with Crippen LogP contribution in [-0.4, -0.2) is 25.1 Å². The maximum absolute atomic E-state index is 10.9. The van der Waals surface area contributed by atoms with Gasteiger partial charge in [-0.2, -0.15) is 0 Å². The quantitative estimate of drug-likeness (QED) is 0.480. The lowest BCUT2D eigenvalue weighted by atomic mass is 9.58. The van der Waals surface area contributed by atoms with Crippen molar-refractivity contribution in [1.82, 2.24) is 0 Å². The molecule has 0 aromatic rings. The summed E-state index contributed by atoms with van der Waals surface area (Å²) >= 11 is 0. The van der Waals surface area contributed by atoms with Gasteiger partial charge in [-0.3, -0.25) is 0 Å². The zero-order chi connectivity index (χ0) is 10.7. The van der Waals surface area contributed by atoms with Gasteiger partial charge < -0.3 is 19.2 Å². The van der Waals surface area contributed by atoms with E-state index in [4.69, 9.17) is 0 Å². The number of hydrogen-bond donors (Lipinski definition) is 0. The smallest absolute Gasteiger partial charge is 0.134 e. The molecule has 0 atom stereocenters. The Kier molecular flexibility index (Phi) is 2.93. The van der Waals surface area contributed by atoms with Gasteiger partial charge in [-0.25, -0.2) is 0 Å². The minimum absolute atomic E-state index is 0.289. The van der Waals surface area contributed by atoms with Crippen LogP contribution < -0.4 is 0 Å². The van der Waals surface area contributed by atoms with Crippen LogP contribution in [0, 0.1) is 10.8 Å². The summed E-state index contributed by atoms with van der Waals surface area (Å²) in [6.45, 7) is 0. The molecule has 0 aromatic carbocycles. The lowest BCUT2D eigenvalue weighted by Gasteiger charge is -2.39. The van der Waals surface area contributed by atoms with Gasteiger partial charge in [-0.05, 0) is 12.8 Å². The molecule has 0 bridgehead atoms. The summed E-state index contributed by atoms with van der Waals surface area (Å²) in [7, 11) is 0. The molecule has 0 saturated heterocycles. The first-order chi connectivity index (χ1) is 6.70. The second-order valence-corrected chi connectivity index (χ2v) is 3.76. The molecular formula is C10H12O4. The van der Waals surface area contributed by atoms with Crippen molar-refractivity contribution in [3.8, 4) is 0 Å². The molecule has 4 nitrogen and oxygen atoms in total. The maximum atomic E-state index is 10.9. The lowest BCUT2D eigenvalue weighted by molar-refractivity contribution is -0.150. The monoisotopic (exact) mass is 196 g/mol. The van der Waals surface area contributed by atoms with Crippen molar-refractivity contribution in [3.63, 3.8) is 0 Å². The Morgan fingerprint density at radius 3 is 1.14 bits per heavy atom. The molecule has 4 heteroatoms. The number of aldehydes is 4. The van der Waals surface area contributed by atoms with Gasteiger partial charge in [-0.15, -0.1) is 0 Å². The minimum atomic E-state index is -1.42. The van der Waals surface area contributed by atoms with Crippen LogP contribution in [0.2, 0.25) is 0 Å². The first-order valence-corrected chi connectivity index (χ1v) is 4.55. The number of rotatable bonds is 4. The first-order valence-electron chi connectivity index (χ1n) is 4.55. The van der Waals surface area contributed by atoms with E-state index in [-0.39, 0.29) is 12.8 Å². The molecule has 1 fully saturated rings. The van der Waals surface area contributed by atoms with Crippen molar-refractivity contribution < 1.29 is 19.2 Å². The third-order valence-electron chi connectivity index (χ3n) is 3.14. The zero-order valence-corrected chi connectivity index (χ0v) is 7.77. The number of carbonyl (C=O) groups is 4. The van der Waals surface area contributed by atoms with Gasteiger partial charge in [0.05, 0.1) is 0 Å². The summed E-state index contributed by atoms with van der Waals surface area (Å²) in [5, 5.41) is 0. The summed E-state index contributed by atoms with van der Waals surface area (Å²) in [6.07, 6.45) is 3.75. The molecule has 0 spiro atoms. The van der Waals surface area contributed by atoms with E-state index in [2.05, 4.69) is 0 Å². The second-order valence-electron chi connectivity index (χ2n) is 3.76. The van der Waals surface area contributed by atoms with Crippen molar-refractivity contribution in [1.29, 1.82) is 0 Å². The Hall–Kier alpha value is -1.32. The van der Waals surface area contributed by atoms with E-state index in [0.717, 1.165) is 0 Å². The molecule has 76 valence electrons. The van der Waals surface area contributed by atoms with E-state index >= 15 is 0 Å². The molecule has 1 saturated carbocycles. The molecule has 0 N–H and O–H groups in total. The molecule has 1 aliphatic carbocycles. The fourth-order valence-electron chi connectivity index (χ4n) is 2.03. The van der Waals surface area contributed by atoms with Crippen LogP contribution >= 0.6 is 0 Å². The van der Waals surface area contributed by atoms with Gasteiger partial charge in [0.1, 0.15) is 36.0 Å². The summed E-state index contributed by atoms with van der Waals surface area (Å²) in [6, 6.07) is 0. The number of hydrogen-bond acceptors (Lipinski definition) is 4. The highest BCUT2D eigenvalue weighted by molar-refractivity contribution is 5.99. The van der Waals surface area contributed by atoms with Crippen molar-refractivity contribution in [2.45, 2.75) is 25.7 Å². The van der Waals surface area contributed by atoms with Gasteiger partial charge in [0.25, 0.3) is 0 Å². The van der Waals surface area contributed by atoms with Gasteiger partial charge in [-0.1, -0.05) is 12.8 Å². The van der Waals surface area contributed by atoms with Crippen molar-refractivity contribution >= 4 is 25.1 Å². The van der Waals surface area contributed by atoms with Crippen LogP contribution in [0.1, 0.15) is 25.7 Å². The van der Waals surface area contributed by atoms with Crippen LogP contribution in [0.5, 0.6) is 0 Å². The fraction of sp³-hybridized carbons (Fsp3) is 0.600. The Bertz CT molecular complexity index is 225. The molecular weight excluding hydrogens is 184 g/mol. The van der Waals surface area contributed by atoms with E-state index in [9.17, 15) is 19.2 Å². The van der Waals surface area contributed by atoms with Gasteiger partial charge in [0, 0.05) is 0 Å². The average Bonchev–Trinajstić information content (AvgIpc) is 2.28. The normalized spacial score (nSPS) is 23.4. The van der Waals surface area contributed by atoms with Gasteiger partial charge in [0.15, 0.2) is 0 Å². The van der Waals surface area contributed by atoms with Crippen LogP contribution in [0.4, 0.5) is 0 Å². The van der Waals surface area contributed by atoms with E-state index < -0.39 is 10.8 Å². The standard InChI is InChI=1S/C10H12O4/c11-5-9(6-12)3-1-2-4-10(9,7-13)8-14/h5-8H,1-4H2. The topological polar surface area (TPSA) is 68.3 Å². The molecule has 0 aliphatic heterocycles. The molecule has 1 aliphatic rings. The van der Waals surface area contributed by atoms with E-state index in [1.54, 1.807) is 0 Å². The van der Waals surface area contributed by atoms with Crippen LogP contribution in [0.25, 0.3) is 0 Å². The van der Waals surface area contributed by atoms with Gasteiger partial charge in [0.2, 0.25) is 0 Å². The lowest BCUT2D eigenvalue weighted by Crippen LogP contribution is -2.49. The number of carbonyl (C=O) groups excluding carboxylic acids is 4. The van der Waals surface area contributed by atoms with Crippen molar-refractivity contribution in [2.24, 2.45) is 10.8 Å². The zero-order valence-electron chi connectivity index (χ0n) is 7.77. The Morgan fingerprint density at radius 1 is 0.643 bits per heavy atom. The molecule has 0 amide bonds. The molecule has 0 heterocycles. The molecule has 0 radical (unpaired) electrons. The second kappa shape index (κ2) is 3.82. The van der Waals surface area contributed by atoms with E-state index in [0.29, 0.717) is 38.0 Å². The highest BCUT2D eigenvalue weighted by atomic mass is 16.1. The maximum Gasteiger partial charge on any atom is 0.134 e. The summed E-state index contributed by atoms with van der Waals surface area (Å²) in [5.74, 6) is 0. The fourth-order valence-corrected chi connectivity index (χ4v) is 2.03. The third kappa shape index (κ3) is 1.22. The van der Waals surface area contributed by atoms with E-state index in [1.165, 1.54) is 0 Å². The van der Waals surface area contributed by atoms with Crippen LogP contribution in [0.15, 0.2) is 0 Å². The summed E-state index contributed by atoms with van der Waals surface area (Å²) in [4.78, 5) is 43.6. The molecule has 0 aromatic heterocycles. The SMILES string of the molecule is O=CC1(C=O)CCCCC1(C=O)C=O. The van der Waals surface area contributed by atoms with Crippen molar-refractivity contribution in [2.75, 3.05) is 0 Å². The Labute approximate surface area is 81.7 Å². The predicted molar refractivity (Wildman–Crippen MR) is 47.6 cm³/mol. The third-order valence-corrected chi connectivity index (χ3v) is 3.14. The predicted octanol–water partition coefficient (Wildman–Crippen LogP) is 0.329. The molecule has 14 heavy (non-hydrogen) atoms. The van der Waals surface area contributed by atoms with Crippen molar-refractivity contribution in [3.05, 3.63) is 0 Å². The largest absolute Gasteiger partial charge is 0.302 e. The molecule has 0 unspecified atom stereocenters. The first kappa shape index (κ1) is 10.8. The van der Waals surface area contributed by atoms with Crippen LogP contribution in [0.3, 0.4) is 0 Å².